The second-order valence-corrected chi connectivity index (χ2v) is 3.57. The van der Waals surface area contributed by atoms with Crippen LogP contribution in [0.3, 0.4) is 0 Å². The van der Waals surface area contributed by atoms with Gasteiger partial charge in [0.25, 0.3) is 0 Å². The standard InChI is InChI=1S/C10H18N4/c1-8(6-11)13-9-7-12-5-4-10(9)14(2)3/h4-5,7-8,13H,6,11H2,1-3H3. The van der Waals surface area contributed by atoms with E-state index in [0.29, 0.717) is 6.54 Å². The van der Waals surface area contributed by atoms with Crippen LogP contribution in [0.5, 0.6) is 0 Å². The Morgan fingerprint density at radius 2 is 2.29 bits per heavy atom. The van der Waals surface area contributed by atoms with Crippen LogP contribution < -0.4 is 16.0 Å². The summed E-state index contributed by atoms with van der Waals surface area (Å²) in [6.45, 7) is 2.66. The van der Waals surface area contributed by atoms with E-state index in [1.807, 2.05) is 38.2 Å². The summed E-state index contributed by atoms with van der Waals surface area (Å²) in [5, 5.41) is 3.31. The van der Waals surface area contributed by atoms with Crippen molar-refractivity contribution in [3.05, 3.63) is 18.5 Å². The van der Waals surface area contributed by atoms with Crippen LogP contribution in [-0.2, 0) is 0 Å². The predicted octanol–water partition coefficient (Wildman–Crippen LogP) is 0.907. The molecule has 1 atom stereocenters. The fourth-order valence-corrected chi connectivity index (χ4v) is 1.21. The van der Waals surface area contributed by atoms with Gasteiger partial charge in [-0.3, -0.25) is 4.98 Å². The summed E-state index contributed by atoms with van der Waals surface area (Å²) in [4.78, 5) is 6.13. The Kier molecular flexibility index (Phi) is 3.71. The molecule has 0 aliphatic carbocycles. The second-order valence-electron chi connectivity index (χ2n) is 3.57. The molecule has 0 radical (unpaired) electrons. The fraction of sp³-hybridized carbons (Fsp3) is 0.500. The Morgan fingerprint density at radius 3 is 2.86 bits per heavy atom. The third-order valence-electron chi connectivity index (χ3n) is 2.04. The second kappa shape index (κ2) is 4.81. The summed E-state index contributed by atoms with van der Waals surface area (Å²) in [5.74, 6) is 0. The number of hydrogen-bond donors (Lipinski definition) is 2. The van der Waals surface area contributed by atoms with E-state index < -0.39 is 0 Å². The topological polar surface area (TPSA) is 54.2 Å². The zero-order valence-electron chi connectivity index (χ0n) is 8.99. The van der Waals surface area contributed by atoms with E-state index in [1.165, 1.54) is 0 Å². The molecular weight excluding hydrogens is 176 g/mol. The third kappa shape index (κ3) is 2.60. The Bertz CT molecular complexity index is 285. The Labute approximate surface area is 85.1 Å². The predicted molar refractivity (Wildman–Crippen MR) is 60.7 cm³/mol. The fourth-order valence-electron chi connectivity index (χ4n) is 1.21. The van der Waals surface area contributed by atoms with Gasteiger partial charge in [0.1, 0.15) is 0 Å². The molecule has 1 rings (SSSR count). The number of pyridine rings is 1. The van der Waals surface area contributed by atoms with E-state index in [2.05, 4.69) is 10.3 Å². The minimum Gasteiger partial charge on any atom is -0.378 e. The molecule has 0 aliphatic rings. The average Bonchev–Trinajstić information content (AvgIpc) is 2.18. The van der Waals surface area contributed by atoms with E-state index in [9.17, 15) is 0 Å². The van der Waals surface area contributed by atoms with Gasteiger partial charge < -0.3 is 16.0 Å². The SMILES string of the molecule is CC(CN)Nc1cnccc1N(C)C. The van der Waals surface area contributed by atoms with Crippen LogP contribution in [0, 0.1) is 0 Å². The van der Waals surface area contributed by atoms with Gasteiger partial charge in [0.2, 0.25) is 0 Å². The Morgan fingerprint density at radius 1 is 1.57 bits per heavy atom. The maximum absolute atomic E-state index is 5.55. The first-order valence-electron chi connectivity index (χ1n) is 4.73. The summed E-state index contributed by atoms with van der Waals surface area (Å²) in [6, 6.07) is 2.24. The molecule has 0 saturated carbocycles. The molecule has 14 heavy (non-hydrogen) atoms. The summed E-state index contributed by atoms with van der Waals surface area (Å²) >= 11 is 0. The maximum Gasteiger partial charge on any atom is 0.0766 e. The monoisotopic (exact) mass is 194 g/mol. The first kappa shape index (κ1) is 10.8. The van der Waals surface area contributed by atoms with Gasteiger partial charge in [-0.05, 0) is 13.0 Å². The van der Waals surface area contributed by atoms with Crippen LogP contribution >= 0.6 is 0 Å². The molecule has 1 aromatic rings. The number of anilines is 2. The van der Waals surface area contributed by atoms with Crippen LogP contribution in [0.4, 0.5) is 11.4 Å². The van der Waals surface area contributed by atoms with Crippen LogP contribution in [0.1, 0.15) is 6.92 Å². The van der Waals surface area contributed by atoms with Crippen molar-refractivity contribution in [3.8, 4) is 0 Å². The lowest BCUT2D eigenvalue weighted by Crippen LogP contribution is -2.26. The number of aromatic nitrogens is 1. The van der Waals surface area contributed by atoms with Crippen LogP contribution in [0.2, 0.25) is 0 Å². The van der Waals surface area contributed by atoms with Gasteiger partial charge in [-0.25, -0.2) is 0 Å². The van der Waals surface area contributed by atoms with E-state index in [-0.39, 0.29) is 6.04 Å². The van der Waals surface area contributed by atoms with Gasteiger partial charge in [0.15, 0.2) is 0 Å². The van der Waals surface area contributed by atoms with Gasteiger partial charge in [-0.15, -0.1) is 0 Å². The maximum atomic E-state index is 5.55. The average molecular weight is 194 g/mol. The van der Waals surface area contributed by atoms with Crippen molar-refractivity contribution in [2.24, 2.45) is 5.73 Å². The molecule has 0 amide bonds. The van der Waals surface area contributed by atoms with Gasteiger partial charge in [-0.1, -0.05) is 0 Å². The molecule has 1 aromatic heterocycles. The highest BCUT2D eigenvalue weighted by Gasteiger charge is 2.05. The molecule has 4 nitrogen and oxygen atoms in total. The number of nitrogens with two attached hydrogens (primary N) is 1. The molecule has 1 heterocycles. The van der Waals surface area contributed by atoms with Crippen molar-refractivity contribution in [1.82, 2.24) is 4.98 Å². The first-order chi connectivity index (χ1) is 6.65. The van der Waals surface area contributed by atoms with Gasteiger partial charge in [0, 0.05) is 32.9 Å². The summed E-state index contributed by atoms with van der Waals surface area (Å²) in [7, 11) is 4.02. The third-order valence-corrected chi connectivity index (χ3v) is 2.04. The van der Waals surface area contributed by atoms with Crippen LogP contribution in [-0.4, -0.2) is 31.7 Å². The number of rotatable bonds is 4. The van der Waals surface area contributed by atoms with Crippen molar-refractivity contribution in [3.63, 3.8) is 0 Å². The van der Waals surface area contributed by atoms with E-state index in [1.54, 1.807) is 6.20 Å². The number of nitrogens with one attached hydrogen (secondary N) is 1. The van der Waals surface area contributed by atoms with Crippen LogP contribution in [0.25, 0.3) is 0 Å². The molecule has 1 unspecified atom stereocenters. The molecular formula is C10H18N4. The summed E-state index contributed by atoms with van der Waals surface area (Å²) < 4.78 is 0. The van der Waals surface area contributed by atoms with E-state index in [4.69, 9.17) is 5.73 Å². The van der Waals surface area contributed by atoms with E-state index in [0.717, 1.165) is 11.4 Å². The highest BCUT2D eigenvalue weighted by Crippen LogP contribution is 2.22. The van der Waals surface area contributed by atoms with Gasteiger partial charge in [0.05, 0.1) is 17.6 Å². The van der Waals surface area contributed by atoms with Crippen molar-refractivity contribution >= 4 is 11.4 Å². The van der Waals surface area contributed by atoms with Gasteiger partial charge in [-0.2, -0.15) is 0 Å². The molecule has 3 N–H and O–H groups in total. The Balaban J connectivity index is 2.84. The first-order valence-corrected chi connectivity index (χ1v) is 4.73. The Hall–Kier alpha value is -1.29. The molecule has 78 valence electrons. The van der Waals surface area contributed by atoms with Gasteiger partial charge >= 0.3 is 0 Å². The highest BCUT2D eigenvalue weighted by molar-refractivity contribution is 5.68. The summed E-state index contributed by atoms with van der Waals surface area (Å²) in [5.41, 5.74) is 7.70. The highest BCUT2D eigenvalue weighted by atomic mass is 15.1. The smallest absolute Gasteiger partial charge is 0.0766 e. The number of hydrogen-bond acceptors (Lipinski definition) is 4. The van der Waals surface area contributed by atoms with Crippen LogP contribution in [0.15, 0.2) is 18.5 Å². The molecule has 0 aromatic carbocycles. The molecule has 0 bridgehead atoms. The molecule has 0 saturated heterocycles. The van der Waals surface area contributed by atoms with Crippen molar-refractivity contribution in [2.45, 2.75) is 13.0 Å². The zero-order valence-corrected chi connectivity index (χ0v) is 8.99. The molecule has 0 aliphatic heterocycles. The minimum atomic E-state index is 0.262. The molecule has 0 spiro atoms. The van der Waals surface area contributed by atoms with Crippen molar-refractivity contribution in [2.75, 3.05) is 30.9 Å². The molecule has 0 fully saturated rings. The number of nitrogens with zero attached hydrogens (tertiary/aromatic N) is 2. The lowest BCUT2D eigenvalue weighted by Gasteiger charge is -2.20. The lowest BCUT2D eigenvalue weighted by molar-refractivity contribution is 0.802. The van der Waals surface area contributed by atoms with Crippen molar-refractivity contribution < 1.29 is 0 Å². The van der Waals surface area contributed by atoms with Crippen molar-refractivity contribution in [1.29, 1.82) is 0 Å². The largest absolute Gasteiger partial charge is 0.378 e. The minimum absolute atomic E-state index is 0.262. The normalized spacial score (nSPS) is 12.3. The summed E-state index contributed by atoms with van der Waals surface area (Å²) in [6.07, 6.45) is 3.61. The lowest BCUT2D eigenvalue weighted by atomic mass is 10.2. The van der Waals surface area contributed by atoms with E-state index >= 15 is 0 Å². The quantitative estimate of drug-likeness (QED) is 0.748. The zero-order chi connectivity index (χ0) is 10.6. The molecule has 4 heteroatoms.